The second kappa shape index (κ2) is 2.54. The number of benzene rings is 1. The Bertz CT molecular complexity index is 534. The number of rotatable bonds is 0. The number of Topliss-reactive ketones (excluding diaryl/α,β-unsaturated/α-hetero) is 1. The lowest BCUT2D eigenvalue weighted by Gasteiger charge is -2.00. The molecule has 0 fully saturated rings. The van der Waals surface area contributed by atoms with E-state index in [2.05, 4.69) is 4.98 Å². The smallest absolute Gasteiger partial charge is 0.225 e. The summed E-state index contributed by atoms with van der Waals surface area (Å²) in [6.45, 7) is 0.121. The third-order valence-electron chi connectivity index (χ3n) is 2.38. The van der Waals surface area contributed by atoms with E-state index in [-0.39, 0.29) is 12.4 Å². The zero-order chi connectivity index (χ0) is 9.54. The van der Waals surface area contributed by atoms with Crippen LogP contribution >= 0.6 is 0 Å². The van der Waals surface area contributed by atoms with Crippen LogP contribution in [-0.2, 0) is 0 Å². The summed E-state index contributed by atoms with van der Waals surface area (Å²) in [6, 6.07) is 7.70. The predicted molar refractivity (Wildman–Crippen MR) is 51.6 cm³/mol. The molecule has 0 radical (unpaired) electrons. The highest BCUT2D eigenvalue weighted by Crippen LogP contribution is 2.29. The standard InChI is InChI=1S/C11H7NO2/c13-9-6-14-11-10(9)8-4-2-1-3-7(8)5-12-11/h1-5H,6H2. The minimum Gasteiger partial charge on any atom is -0.469 e. The molecule has 0 saturated heterocycles. The fraction of sp³-hybridized carbons (Fsp3) is 0.0909. The quantitative estimate of drug-likeness (QED) is 0.628. The van der Waals surface area contributed by atoms with Gasteiger partial charge in [0.05, 0.1) is 5.56 Å². The van der Waals surface area contributed by atoms with Crippen molar-refractivity contribution in [2.45, 2.75) is 0 Å². The Hall–Kier alpha value is -1.90. The lowest BCUT2D eigenvalue weighted by Crippen LogP contribution is -1.99. The van der Waals surface area contributed by atoms with Gasteiger partial charge in [0, 0.05) is 11.6 Å². The van der Waals surface area contributed by atoms with Gasteiger partial charge in [0.1, 0.15) is 0 Å². The van der Waals surface area contributed by atoms with Crippen molar-refractivity contribution in [1.29, 1.82) is 0 Å². The van der Waals surface area contributed by atoms with Crippen molar-refractivity contribution in [3.63, 3.8) is 0 Å². The molecule has 2 heterocycles. The van der Waals surface area contributed by atoms with Crippen molar-refractivity contribution in [3.8, 4) is 5.88 Å². The molecular formula is C11H7NO2. The molecule has 0 aliphatic carbocycles. The summed E-state index contributed by atoms with van der Waals surface area (Å²) in [7, 11) is 0. The molecule has 0 spiro atoms. The van der Waals surface area contributed by atoms with E-state index in [1.54, 1.807) is 6.20 Å². The first-order valence-corrected chi connectivity index (χ1v) is 4.40. The van der Waals surface area contributed by atoms with Gasteiger partial charge in [0.25, 0.3) is 0 Å². The van der Waals surface area contributed by atoms with Gasteiger partial charge in [0.15, 0.2) is 6.61 Å². The molecular weight excluding hydrogens is 178 g/mol. The minimum atomic E-state index is 0.0179. The summed E-state index contributed by atoms with van der Waals surface area (Å²) in [5.74, 6) is 0.484. The van der Waals surface area contributed by atoms with Crippen molar-refractivity contribution in [2.24, 2.45) is 0 Å². The molecule has 0 amide bonds. The Morgan fingerprint density at radius 3 is 3.07 bits per heavy atom. The molecule has 0 saturated carbocycles. The van der Waals surface area contributed by atoms with Gasteiger partial charge in [-0.2, -0.15) is 0 Å². The molecule has 0 N–H and O–H groups in total. The predicted octanol–water partition coefficient (Wildman–Crippen LogP) is 1.81. The van der Waals surface area contributed by atoms with Crippen molar-refractivity contribution in [1.82, 2.24) is 4.98 Å². The monoisotopic (exact) mass is 185 g/mol. The summed E-state index contributed by atoms with van der Waals surface area (Å²) in [5.41, 5.74) is 0.628. The Morgan fingerprint density at radius 2 is 2.14 bits per heavy atom. The average molecular weight is 185 g/mol. The summed E-state index contributed by atoms with van der Waals surface area (Å²) in [6.07, 6.45) is 1.73. The third kappa shape index (κ3) is 0.865. The van der Waals surface area contributed by atoms with Gasteiger partial charge in [-0.05, 0) is 5.39 Å². The van der Waals surface area contributed by atoms with Crippen LogP contribution in [0.5, 0.6) is 5.88 Å². The number of fused-ring (bicyclic) bond motifs is 3. The van der Waals surface area contributed by atoms with Crippen molar-refractivity contribution in [2.75, 3.05) is 6.61 Å². The van der Waals surface area contributed by atoms with Crippen LogP contribution in [0.1, 0.15) is 10.4 Å². The maximum Gasteiger partial charge on any atom is 0.225 e. The lowest BCUT2D eigenvalue weighted by atomic mass is 10.1. The van der Waals surface area contributed by atoms with E-state index in [9.17, 15) is 4.79 Å². The molecule has 1 aromatic carbocycles. The van der Waals surface area contributed by atoms with E-state index < -0.39 is 0 Å². The fourth-order valence-corrected chi connectivity index (χ4v) is 1.73. The number of nitrogens with zero attached hydrogens (tertiary/aromatic N) is 1. The maximum atomic E-state index is 11.5. The van der Waals surface area contributed by atoms with Crippen LogP contribution in [0.2, 0.25) is 0 Å². The molecule has 3 rings (SSSR count). The molecule has 3 heteroatoms. The fourth-order valence-electron chi connectivity index (χ4n) is 1.73. The maximum absolute atomic E-state index is 11.5. The minimum absolute atomic E-state index is 0.0179. The average Bonchev–Trinajstić information content (AvgIpc) is 2.61. The van der Waals surface area contributed by atoms with Gasteiger partial charge >= 0.3 is 0 Å². The van der Waals surface area contributed by atoms with Crippen molar-refractivity contribution < 1.29 is 9.53 Å². The molecule has 1 aromatic heterocycles. The number of aromatic nitrogens is 1. The first kappa shape index (κ1) is 7.50. The normalized spacial score (nSPS) is 14.1. The van der Waals surface area contributed by atoms with Crippen LogP contribution in [0.4, 0.5) is 0 Å². The topological polar surface area (TPSA) is 39.2 Å². The van der Waals surface area contributed by atoms with Gasteiger partial charge in [-0.15, -0.1) is 0 Å². The molecule has 0 atom stereocenters. The number of ketones is 1. The Morgan fingerprint density at radius 1 is 1.29 bits per heavy atom. The second-order valence-electron chi connectivity index (χ2n) is 3.24. The Labute approximate surface area is 80.3 Å². The molecule has 0 unspecified atom stereocenters. The van der Waals surface area contributed by atoms with Crippen LogP contribution in [0.15, 0.2) is 30.5 Å². The van der Waals surface area contributed by atoms with Crippen molar-refractivity contribution >= 4 is 16.6 Å². The van der Waals surface area contributed by atoms with E-state index in [0.717, 1.165) is 10.8 Å². The second-order valence-corrected chi connectivity index (χ2v) is 3.24. The number of hydrogen-bond acceptors (Lipinski definition) is 3. The number of carbonyl (C=O) groups is 1. The van der Waals surface area contributed by atoms with E-state index in [0.29, 0.717) is 11.4 Å². The first-order valence-electron chi connectivity index (χ1n) is 4.40. The molecule has 1 aliphatic heterocycles. The molecule has 3 nitrogen and oxygen atoms in total. The van der Waals surface area contributed by atoms with Gasteiger partial charge < -0.3 is 4.74 Å². The van der Waals surface area contributed by atoms with Crippen LogP contribution in [0, 0.1) is 0 Å². The number of pyridine rings is 1. The van der Waals surface area contributed by atoms with Crippen molar-refractivity contribution in [3.05, 3.63) is 36.0 Å². The lowest BCUT2D eigenvalue weighted by molar-refractivity contribution is 0.0961. The third-order valence-corrected chi connectivity index (χ3v) is 2.38. The molecule has 0 bridgehead atoms. The summed E-state index contributed by atoms with van der Waals surface area (Å²) < 4.78 is 5.16. The highest BCUT2D eigenvalue weighted by atomic mass is 16.5. The zero-order valence-corrected chi connectivity index (χ0v) is 7.36. The van der Waals surface area contributed by atoms with E-state index in [4.69, 9.17) is 4.74 Å². The van der Waals surface area contributed by atoms with E-state index in [1.165, 1.54) is 0 Å². The van der Waals surface area contributed by atoms with Crippen LogP contribution in [-0.4, -0.2) is 17.4 Å². The highest BCUT2D eigenvalue weighted by Gasteiger charge is 2.24. The molecule has 14 heavy (non-hydrogen) atoms. The van der Waals surface area contributed by atoms with E-state index in [1.807, 2.05) is 24.3 Å². The van der Waals surface area contributed by atoms with Crippen LogP contribution in [0.3, 0.4) is 0 Å². The number of carbonyl (C=O) groups excluding carboxylic acids is 1. The van der Waals surface area contributed by atoms with Gasteiger partial charge in [-0.1, -0.05) is 24.3 Å². The van der Waals surface area contributed by atoms with Gasteiger partial charge in [0.2, 0.25) is 11.7 Å². The Kier molecular flexibility index (Phi) is 1.36. The number of hydrogen-bond donors (Lipinski definition) is 0. The van der Waals surface area contributed by atoms with Crippen LogP contribution in [0.25, 0.3) is 10.8 Å². The van der Waals surface area contributed by atoms with E-state index >= 15 is 0 Å². The molecule has 1 aliphatic rings. The SMILES string of the molecule is O=C1COc2ncc3ccccc3c21. The zero-order valence-electron chi connectivity index (χ0n) is 7.36. The summed E-state index contributed by atoms with van der Waals surface area (Å²) in [5, 5.41) is 1.91. The summed E-state index contributed by atoms with van der Waals surface area (Å²) in [4.78, 5) is 15.6. The molecule has 68 valence electrons. The van der Waals surface area contributed by atoms with Gasteiger partial charge in [-0.3, -0.25) is 4.79 Å². The van der Waals surface area contributed by atoms with Gasteiger partial charge in [-0.25, -0.2) is 4.98 Å². The highest BCUT2D eigenvalue weighted by molar-refractivity contribution is 6.12. The van der Waals surface area contributed by atoms with Crippen LogP contribution < -0.4 is 4.74 Å². The largest absolute Gasteiger partial charge is 0.469 e. The Balaban J connectivity index is 2.47. The first-order chi connectivity index (χ1) is 6.86. The summed E-state index contributed by atoms with van der Waals surface area (Å²) >= 11 is 0. The molecule has 2 aromatic rings. The number of ether oxygens (including phenoxy) is 1.